The van der Waals surface area contributed by atoms with Crippen LogP contribution in [0.1, 0.15) is 25.8 Å². The molecule has 1 heterocycles. The van der Waals surface area contributed by atoms with Crippen molar-refractivity contribution in [1.29, 1.82) is 0 Å². The third-order valence-electron chi connectivity index (χ3n) is 3.65. The lowest BCUT2D eigenvalue weighted by atomic mass is 9.90. The number of rotatable bonds is 4. The molecule has 1 aromatic rings. The highest BCUT2D eigenvalue weighted by atomic mass is 16.5. The van der Waals surface area contributed by atoms with Crippen LogP contribution >= 0.6 is 0 Å². The zero-order valence-corrected chi connectivity index (χ0v) is 11.1. The van der Waals surface area contributed by atoms with Crippen molar-refractivity contribution in [2.45, 2.75) is 45.2 Å². The van der Waals surface area contributed by atoms with E-state index < -0.39 is 6.10 Å². The summed E-state index contributed by atoms with van der Waals surface area (Å²) in [5, 5.41) is 9.98. The topological polar surface area (TPSA) is 38.7 Å². The molecule has 0 radical (unpaired) electrons. The molecule has 2 rings (SSSR count). The van der Waals surface area contributed by atoms with Crippen LogP contribution < -0.4 is 0 Å². The third-order valence-corrected chi connectivity index (χ3v) is 3.65. The van der Waals surface area contributed by atoms with Gasteiger partial charge in [-0.15, -0.1) is 0 Å². The van der Waals surface area contributed by atoms with Crippen LogP contribution in [-0.4, -0.2) is 30.0 Å². The average molecular weight is 250 g/mol. The molecule has 0 aromatic heterocycles. The summed E-state index contributed by atoms with van der Waals surface area (Å²) in [4.78, 5) is 0. The van der Waals surface area contributed by atoms with E-state index >= 15 is 0 Å². The van der Waals surface area contributed by atoms with Gasteiger partial charge in [-0.1, -0.05) is 44.2 Å². The van der Waals surface area contributed by atoms with Gasteiger partial charge in [0.05, 0.1) is 25.4 Å². The van der Waals surface area contributed by atoms with E-state index in [1.165, 1.54) is 0 Å². The Balaban J connectivity index is 1.94. The van der Waals surface area contributed by atoms with E-state index in [0.717, 1.165) is 12.0 Å². The van der Waals surface area contributed by atoms with Crippen LogP contribution in [0.3, 0.4) is 0 Å². The third kappa shape index (κ3) is 3.10. The molecule has 1 fully saturated rings. The Morgan fingerprint density at radius 2 is 2.06 bits per heavy atom. The highest BCUT2D eigenvalue weighted by molar-refractivity contribution is 5.13. The molecule has 0 saturated carbocycles. The van der Waals surface area contributed by atoms with E-state index in [4.69, 9.17) is 9.47 Å². The minimum Gasteiger partial charge on any atom is -0.388 e. The van der Waals surface area contributed by atoms with Crippen LogP contribution in [-0.2, 0) is 16.1 Å². The van der Waals surface area contributed by atoms with Gasteiger partial charge in [-0.05, 0) is 12.0 Å². The van der Waals surface area contributed by atoms with Crippen molar-refractivity contribution >= 4 is 0 Å². The summed E-state index contributed by atoms with van der Waals surface area (Å²) in [6, 6.07) is 10.1. The molecule has 3 nitrogen and oxygen atoms in total. The molecule has 100 valence electrons. The van der Waals surface area contributed by atoms with Crippen molar-refractivity contribution in [3.63, 3.8) is 0 Å². The molecule has 3 heteroatoms. The fourth-order valence-electron chi connectivity index (χ4n) is 2.55. The van der Waals surface area contributed by atoms with Crippen molar-refractivity contribution < 1.29 is 14.6 Å². The van der Waals surface area contributed by atoms with Gasteiger partial charge in [-0.3, -0.25) is 0 Å². The monoisotopic (exact) mass is 250 g/mol. The number of aliphatic hydroxyl groups is 1. The lowest BCUT2D eigenvalue weighted by Gasteiger charge is -2.38. The SMILES string of the molecule is CC[C@H]1OC[C@H](O)[C@@H](OCc2ccccc2)[C@H]1C. The molecule has 18 heavy (non-hydrogen) atoms. The van der Waals surface area contributed by atoms with Gasteiger partial charge >= 0.3 is 0 Å². The van der Waals surface area contributed by atoms with E-state index in [1.54, 1.807) is 0 Å². The predicted octanol–water partition coefficient (Wildman–Crippen LogP) is 2.38. The van der Waals surface area contributed by atoms with Gasteiger partial charge in [0.15, 0.2) is 0 Å². The summed E-state index contributed by atoms with van der Waals surface area (Å²) < 4.78 is 11.5. The molecule has 0 aliphatic carbocycles. The number of benzene rings is 1. The minimum atomic E-state index is -0.522. The Labute approximate surface area is 109 Å². The molecule has 0 amide bonds. The van der Waals surface area contributed by atoms with E-state index in [1.807, 2.05) is 30.3 Å². The van der Waals surface area contributed by atoms with Crippen molar-refractivity contribution in [3.05, 3.63) is 35.9 Å². The Kier molecular flexibility index (Phi) is 4.75. The molecular weight excluding hydrogens is 228 g/mol. The lowest BCUT2D eigenvalue weighted by molar-refractivity contribution is -0.177. The fraction of sp³-hybridized carbons (Fsp3) is 0.600. The maximum absolute atomic E-state index is 9.98. The van der Waals surface area contributed by atoms with Gasteiger partial charge < -0.3 is 14.6 Å². The highest BCUT2D eigenvalue weighted by Gasteiger charge is 2.36. The zero-order chi connectivity index (χ0) is 13.0. The standard InChI is InChI=1S/C15H22O3/c1-3-14-11(2)15(13(16)10-17-14)18-9-12-7-5-4-6-8-12/h4-8,11,13-16H,3,9-10H2,1-2H3/t11-,13-,14+,15-/m0/s1. The van der Waals surface area contributed by atoms with Crippen molar-refractivity contribution in [2.75, 3.05) is 6.61 Å². The first-order valence-corrected chi connectivity index (χ1v) is 6.67. The van der Waals surface area contributed by atoms with Gasteiger partial charge in [-0.2, -0.15) is 0 Å². The first-order valence-electron chi connectivity index (χ1n) is 6.67. The second-order valence-electron chi connectivity index (χ2n) is 4.97. The molecular formula is C15H22O3. The second-order valence-corrected chi connectivity index (χ2v) is 4.97. The van der Waals surface area contributed by atoms with E-state index in [2.05, 4.69) is 13.8 Å². The summed E-state index contributed by atoms with van der Waals surface area (Å²) in [5.41, 5.74) is 1.14. The van der Waals surface area contributed by atoms with E-state index in [9.17, 15) is 5.11 Å². The summed E-state index contributed by atoms with van der Waals surface area (Å²) in [6.45, 7) is 5.12. The van der Waals surface area contributed by atoms with Gasteiger partial charge in [0.25, 0.3) is 0 Å². The maximum Gasteiger partial charge on any atom is 0.104 e. The quantitative estimate of drug-likeness (QED) is 0.891. The number of aliphatic hydroxyl groups excluding tert-OH is 1. The number of hydrogen-bond acceptors (Lipinski definition) is 3. The first-order chi connectivity index (χ1) is 8.72. The minimum absolute atomic E-state index is 0.135. The Hall–Kier alpha value is -0.900. The first kappa shape index (κ1) is 13.5. The molecule has 1 aromatic carbocycles. The molecule has 0 spiro atoms. The molecule has 4 atom stereocenters. The van der Waals surface area contributed by atoms with Crippen LogP contribution in [0.15, 0.2) is 30.3 Å². The second kappa shape index (κ2) is 6.32. The molecule has 0 unspecified atom stereocenters. The number of hydrogen-bond donors (Lipinski definition) is 1. The fourth-order valence-corrected chi connectivity index (χ4v) is 2.55. The molecule has 1 N–H and O–H groups in total. The zero-order valence-electron chi connectivity index (χ0n) is 11.1. The molecule has 1 saturated heterocycles. The summed E-state index contributed by atoms with van der Waals surface area (Å²) in [7, 11) is 0. The Morgan fingerprint density at radius 1 is 1.33 bits per heavy atom. The van der Waals surface area contributed by atoms with Crippen molar-refractivity contribution in [1.82, 2.24) is 0 Å². The average Bonchev–Trinajstić information content (AvgIpc) is 2.40. The van der Waals surface area contributed by atoms with Gasteiger partial charge in [0.1, 0.15) is 6.10 Å². The van der Waals surface area contributed by atoms with Gasteiger partial charge in [-0.25, -0.2) is 0 Å². The summed E-state index contributed by atoms with van der Waals surface area (Å²) >= 11 is 0. The van der Waals surface area contributed by atoms with Crippen LogP contribution in [0.5, 0.6) is 0 Å². The maximum atomic E-state index is 9.98. The Morgan fingerprint density at radius 3 is 2.72 bits per heavy atom. The summed E-state index contributed by atoms with van der Waals surface area (Å²) in [6.07, 6.45) is 0.489. The highest BCUT2D eigenvalue weighted by Crippen LogP contribution is 2.26. The van der Waals surface area contributed by atoms with E-state index in [0.29, 0.717) is 13.2 Å². The van der Waals surface area contributed by atoms with E-state index in [-0.39, 0.29) is 18.1 Å². The molecule has 1 aliphatic rings. The summed E-state index contributed by atoms with van der Waals surface area (Å²) in [5.74, 6) is 0.225. The van der Waals surface area contributed by atoms with Gasteiger partial charge in [0.2, 0.25) is 0 Å². The van der Waals surface area contributed by atoms with Crippen molar-refractivity contribution in [3.8, 4) is 0 Å². The smallest absolute Gasteiger partial charge is 0.104 e. The molecule has 0 bridgehead atoms. The normalized spacial score (nSPS) is 32.4. The predicted molar refractivity (Wildman–Crippen MR) is 70.2 cm³/mol. The Bertz CT molecular complexity index is 352. The van der Waals surface area contributed by atoms with Crippen LogP contribution in [0.25, 0.3) is 0 Å². The van der Waals surface area contributed by atoms with Crippen LogP contribution in [0.4, 0.5) is 0 Å². The number of ether oxygens (including phenoxy) is 2. The largest absolute Gasteiger partial charge is 0.388 e. The van der Waals surface area contributed by atoms with Crippen LogP contribution in [0.2, 0.25) is 0 Å². The molecule has 1 aliphatic heterocycles. The van der Waals surface area contributed by atoms with Crippen LogP contribution in [0, 0.1) is 5.92 Å². The lowest BCUT2D eigenvalue weighted by Crippen LogP contribution is -2.49. The van der Waals surface area contributed by atoms with Crippen molar-refractivity contribution in [2.24, 2.45) is 5.92 Å². The van der Waals surface area contributed by atoms with Gasteiger partial charge in [0, 0.05) is 5.92 Å².